The van der Waals surface area contributed by atoms with Crippen LogP contribution in [0, 0.1) is 13.8 Å². The van der Waals surface area contributed by atoms with Crippen molar-refractivity contribution < 1.29 is 0 Å². The van der Waals surface area contributed by atoms with Gasteiger partial charge >= 0.3 is 0 Å². The average Bonchev–Trinajstić information content (AvgIpc) is 3.31. The largest absolute Gasteiger partial charge is 0.370 e. The number of aliphatic imine (C=N–C) groups is 1. The molecule has 0 saturated heterocycles. The number of aryl methyl sites for hydroxylation is 2. The third-order valence-corrected chi connectivity index (χ3v) is 6.76. The molecule has 28 heavy (non-hydrogen) atoms. The van der Waals surface area contributed by atoms with Crippen molar-refractivity contribution in [1.82, 2.24) is 14.5 Å². The van der Waals surface area contributed by atoms with E-state index in [0.717, 1.165) is 12.8 Å². The summed E-state index contributed by atoms with van der Waals surface area (Å²) in [6.45, 7) is 4.37. The maximum atomic E-state index is 6.46. The van der Waals surface area contributed by atoms with E-state index >= 15 is 0 Å². The SMILES string of the molecule is Cc1cccn1[C@@H]1CCCC[C@H]1N=C(N)N[C@@H]1CCCC[C@H]1n1cccc1C. The summed E-state index contributed by atoms with van der Waals surface area (Å²) in [5, 5.41) is 3.61. The summed E-state index contributed by atoms with van der Waals surface area (Å²) >= 11 is 0. The van der Waals surface area contributed by atoms with Gasteiger partial charge in [0.15, 0.2) is 5.96 Å². The van der Waals surface area contributed by atoms with Crippen molar-refractivity contribution in [1.29, 1.82) is 0 Å². The molecule has 2 fully saturated rings. The van der Waals surface area contributed by atoms with Crippen LogP contribution in [0.2, 0.25) is 0 Å². The zero-order valence-corrected chi connectivity index (χ0v) is 17.3. The number of aromatic nitrogens is 2. The summed E-state index contributed by atoms with van der Waals surface area (Å²) in [4.78, 5) is 5.00. The van der Waals surface area contributed by atoms with Gasteiger partial charge in [-0.3, -0.25) is 0 Å². The molecule has 4 rings (SSSR count). The second kappa shape index (κ2) is 8.46. The van der Waals surface area contributed by atoms with Crippen LogP contribution in [0.15, 0.2) is 41.7 Å². The van der Waals surface area contributed by atoms with E-state index in [-0.39, 0.29) is 6.04 Å². The molecule has 2 aliphatic rings. The molecule has 0 aliphatic heterocycles. The highest BCUT2D eigenvalue weighted by Crippen LogP contribution is 2.33. The molecule has 4 atom stereocenters. The lowest BCUT2D eigenvalue weighted by Gasteiger charge is -2.35. The molecule has 2 aromatic heterocycles. The van der Waals surface area contributed by atoms with Crippen molar-refractivity contribution in [3.63, 3.8) is 0 Å². The zero-order chi connectivity index (χ0) is 19.5. The van der Waals surface area contributed by atoms with E-state index in [0.29, 0.717) is 24.1 Å². The van der Waals surface area contributed by atoms with E-state index in [9.17, 15) is 0 Å². The van der Waals surface area contributed by atoms with E-state index in [1.54, 1.807) is 0 Å². The zero-order valence-electron chi connectivity index (χ0n) is 17.3. The Bertz CT molecular complexity index is 802. The number of rotatable bonds is 4. The monoisotopic (exact) mass is 381 g/mol. The lowest BCUT2D eigenvalue weighted by Crippen LogP contribution is -2.47. The number of nitrogens with zero attached hydrogens (tertiary/aromatic N) is 3. The van der Waals surface area contributed by atoms with Crippen LogP contribution >= 0.6 is 0 Å². The van der Waals surface area contributed by atoms with Crippen LogP contribution in [0.5, 0.6) is 0 Å². The van der Waals surface area contributed by atoms with Crippen LogP contribution in [-0.2, 0) is 0 Å². The van der Waals surface area contributed by atoms with Gasteiger partial charge in [-0.25, -0.2) is 4.99 Å². The average molecular weight is 382 g/mol. The topological polar surface area (TPSA) is 60.3 Å². The second-order valence-electron chi connectivity index (χ2n) is 8.65. The van der Waals surface area contributed by atoms with Gasteiger partial charge in [-0.05, 0) is 63.8 Å². The Morgan fingerprint density at radius 3 is 2.11 bits per heavy atom. The van der Waals surface area contributed by atoms with Gasteiger partial charge in [-0.2, -0.15) is 0 Å². The smallest absolute Gasteiger partial charge is 0.189 e. The lowest BCUT2D eigenvalue weighted by atomic mass is 9.89. The van der Waals surface area contributed by atoms with Crippen LogP contribution in [0.25, 0.3) is 0 Å². The lowest BCUT2D eigenvalue weighted by molar-refractivity contribution is 0.280. The van der Waals surface area contributed by atoms with Crippen molar-refractivity contribution in [2.45, 2.75) is 89.4 Å². The van der Waals surface area contributed by atoms with Crippen molar-refractivity contribution in [3.05, 3.63) is 48.0 Å². The number of guanidine groups is 1. The van der Waals surface area contributed by atoms with Crippen molar-refractivity contribution in [2.24, 2.45) is 10.7 Å². The Hall–Kier alpha value is -2.17. The van der Waals surface area contributed by atoms with Crippen molar-refractivity contribution in [2.75, 3.05) is 0 Å². The van der Waals surface area contributed by atoms with Gasteiger partial charge in [0.25, 0.3) is 0 Å². The molecule has 0 aromatic carbocycles. The summed E-state index contributed by atoms with van der Waals surface area (Å²) in [5.74, 6) is 0.628. The fraction of sp³-hybridized carbons (Fsp3) is 0.609. The van der Waals surface area contributed by atoms with Crippen LogP contribution in [0.3, 0.4) is 0 Å². The minimum absolute atomic E-state index is 0.266. The molecule has 152 valence electrons. The minimum Gasteiger partial charge on any atom is -0.370 e. The molecule has 2 aliphatic carbocycles. The predicted molar refractivity (Wildman–Crippen MR) is 116 cm³/mol. The van der Waals surface area contributed by atoms with Crippen LogP contribution in [0.1, 0.15) is 74.8 Å². The number of hydrogen-bond donors (Lipinski definition) is 2. The molecule has 0 radical (unpaired) electrons. The highest BCUT2D eigenvalue weighted by Gasteiger charge is 2.29. The van der Waals surface area contributed by atoms with Gasteiger partial charge in [-0.15, -0.1) is 0 Å². The Balaban J connectivity index is 1.49. The van der Waals surface area contributed by atoms with E-state index in [2.05, 4.69) is 65.0 Å². The Labute approximate surface area is 169 Å². The first-order valence-electron chi connectivity index (χ1n) is 11.0. The van der Waals surface area contributed by atoms with Gasteiger partial charge in [0.2, 0.25) is 0 Å². The molecule has 0 amide bonds. The summed E-state index contributed by atoms with van der Waals surface area (Å²) < 4.78 is 4.81. The van der Waals surface area contributed by atoms with Crippen molar-refractivity contribution >= 4 is 5.96 Å². The second-order valence-corrected chi connectivity index (χ2v) is 8.65. The summed E-state index contributed by atoms with van der Waals surface area (Å²) in [7, 11) is 0. The Morgan fingerprint density at radius 1 is 0.893 bits per heavy atom. The summed E-state index contributed by atoms with van der Waals surface area (Å²) in [6.07, 6.45) is 14.1. The first kappa shape index (κ1) is 19.2. The number of nitrogens with one attached hydrogen (secondary N) is 1. The highest BCUT2D eigenvalue weighted by atomic mass is 15.2. The molecule has 0 unspecified atom stereocenters. The maximum absolute atomic E-state index is 6.46. The molecule has 0 bridgehead atoms. The van der Waals surface area contributed by atoms with Crippen molar-refractivity contribution in [3.8, 4) is 0 Å². The predicted octanol–water partition coefficient (Wildman–Crippen LogP) is 4.48. The molecule has 2 aromatic rings. The molecular formula is C23H35N5. The molecule has 5 nitrogen and oxygen atoms in total. The highest BCUT2D eigenvalue weighted by molar-refractivity contribution is 5.78. The van der Waals surface area contributed by atoms with Crippen LogP contribution in [0.4, 0.5) is 0 Å². The molecule has 2 saturated carbocycles. The quantitative estimate of drug-likeness (QED) is 0.606. The van der Waals surface area contributed by atoms with Gasteiger partial charge in [0.1, 0.15) is 0 Å². The fourth-order valence-corrected chi connectivity index (χ4v) is 5.29. The molecular weight excluding hydrogens is 346 g/mol. The molecule has 3 N–H and O–H groups in total. The molecule has 0 spiro atoms. The number of hydrogen-bond acceptors (Lipinski definition) is 1. The first-order valence-corrected chi connectivity index (χ1v) is 11.0. The van der Waals surface area contributed by atoms with E-state index in [4.69, 9.17) is 10.7 Å². The number of nitrogens with two attached hydrogens (primary N) is 1. The third kappa shape index (κ3) is 3.98. The first-order chi connectivity index (χ1) is 13.6. The van der Waals surface area contributed by atoms with Gasteiger partial charge in [0.05, 0.1) is 18.1 Å². The summed E-state index contributed by atoms with van der Waals surface area (Å²) in [5.41, 5.74) is 9.10. The van der Waals surface area contributed by atoms with Gasteiger partial charge in [-0.1, -0.05) is 25.7 Å². The summed E-state index contributed by atoms with van der Waals surface area (Å²) in [6, 6.07) is 10.2. The normalized spacial score (nSPS) is 29.0. The van der Waals surface area contributed by atoms with E-state index in [1.807, 2.05) is 0 Å². The van der Waals surface area contributed by atoms with Gasteiger partial charge in [0, 0.05) is 29.8 Å². The van der Waals surface area contributed by atoms with Gasteiger partial charge < -0.3 is 20.2 Å². The van der Waals surface area contributed by atoms with Crippen LogP contribution in [-0.4, -0.2) is 27.2 Å². The molecule has 2 heterocycles. The maximum Gasteiger partial charge on any atom is 0.189 e. The van der Waals surface area contributed by atoms with Crippen LogP contribution < -0.4 is 11.1 Å². The third-order valence-electron chi connectivity index (χ3n) is 6.76. The fourth-order valence-electron chi connectivity index (χ4n) is 5.29. The minimum atomic E-state index is 0.266. The Kier molecular flexibility index (Phi) is 5.79. The van der Waals surface area contributed by atoms with E-state index < -0.39 is 0 Å². The molecule has 5 heteroatoms. The standard InChI is InChI=1S/C23H35N5/c1-17-9-7-15-27(17)21-13-5-3-11-19(21)25-23(24)26-20-12-4-6-14-22(20)28-16-8-10-18(28)2/h7-10,15-16,19-22H,3-6,11-14H2,1-2H3,(H3,24,25,26)/t19-,20-,21-,22-/m1/s1. The van der Waals surface area contributed by atoms with E-state index in [1.165, 1.54) is 49.9 Å². The Morgan fingerprint density at radius 2 is 1.46 bits per heavy atom.